The van der Waals surface area contributed by atoms with E-state index in [2.05, 4.69) is 39.6 Å². The van der Waals surface area contributed by atoms with Crippen molar-refractivity contribution in [3.05, 3.63) is 50.1 Å². The number of anilines is 1. The van der Waals surface area contributed by atoms with E-state index >= 15 is 0 Å². The maximum absolute atomic E-state index is 5.73. The summed E-state index contributed by atoms with van der Waals surface area (Å²) in [5, 5.41) is 5.45. The van der Waals surface area contributed by atoms with E-state index in [1.165, 1.54) is 10.4 Å². The molecule has 0 amide bonds. The summed E-state index contributed by atoms with van der Waals surface area (Å²) in [6.07, 6.45) is 0. The Labute approximate surface area is 124 Å². The van der Waals surface area contributed by atoms with Gasteiger partial charge in [-0.2, -0.15) is 0 Å². The molecule has 1 heterocycles. The molecule has 2 aromatic rings. The zero-order chi connectivity index (χ0) is 13.1. The van der Waals surface area contributed by atoms with Crippen LogP contribution in [0.15, 0.2) is 34.1 Å². The first-order valence-corrected chi connectivity index (χ1v) is 7.52. The van der Waals surface area contributed by atoms with Crippen molar-refractivity contribution in [2.24, 2.45) is 5.73 Å². The summed E-state index contributed by atoms with van der Waals surface area (Å²) in [5.74, 6) is 0. The van der Waals surface area contributed by atoms with Crippen molar-refractivity contribution in [2.45, 2.75) is 13.5 Å². The molecule has 1 aromatic heterocycles. The number of rotatable bonds is 4. The van der Waals surface area contributed by atoms with Gasteiger partial charge in [-0.3, -0.25) is 0 Å². The smallest absolute Gasteiger partial charge is 0.106 e. The Bertz CT molecular complexity index is 578. The SMILES string of the molecule is Cc1ccc(C(N)=S)c(NCc2sccc2Br)c1. The molecule has 0 radical (unpaired) electrons. The number of benzene rings is 1. The second kappa shape index (κ2) is 5.82. The van der Waals surface area contributed by atoms with Gasteiger partial charge in [0.2, 0.25) is 0 Å². The van der Waals surface area contributed by atoms with E-state index in [-0.39, 0.29) is 0 Å². The molecule has 3 N–H and O–H groups in total. The van der Waals surface area contributed by atoms with Crippen LogP contribution < -0.4 is 11.1 Å². The summed E-state index contributed by atoms with van der Waals surface area (Å²) in [6.45, 7) is 2.81. The number of nitrogens with one attached hydrogen (secondary N) is 1. The first-order valence-electron chi connectivity index (χ1n) is 5.44. The second-order valence-corrected chi connectivity index (χ2v) is 6.25. The molecule has 0 aliphatic carbocycles. The molecule has 0 aliphatic rings. The van der Waals surface area contributed by atoms with E-state index < -0.39 is 0 Å². The lowest BCUT2D eigenvalue weighted by molar-refractivity contribution is 1.18. The van der Waals surface area contributed by atoms with Crippen LogP contribution in [0.4, 0.5) is 5.69 Å². The molecular formula is C13H13BrN2S2. The van der Waals surface area contributed by atoms with Crippen molar-refractivity contribution in [3.8, 4) is 0 Å². The molecule has 0 bridgehead atoms. The molecule has 0 fully saturated rings. The van der Waals surface area contributed by atoms with E-state index in [0.717, 1.165) is 22.3 Å². The lowest BCUT2D eigenvalue weighted by Crippen LogP contribution is -2.13. The Kier molecular flexibility index (Phi) is 4.37. The van der Waals surface area contributed by atoms with Crippen LogP contribution in [0.2, 0.25) is 0 Å². The summed E-state index contributed by atoms with van der Waals surface area (Å²) in [5.41, 5.74) is 8.79. The quantitative estimate of drug-likeness (QED) is 0.824. The molecule has 0 spiro atoms. The van der Waals surface area contributed by atoms with Gasteiger partial charge in [0.25, 0.3) is 0 Å². The van der Waals surface area contributed by atoms with Gasteiger partial charge < -0.3 is 11.1 Å². The largest absolute Gasteiger partial charge is 0.389 e. The third-order valence-electron chi connectivity index (χ3n) is 2.57. The Hall–Kier alpha value is -0.910. The number of thiophene rings is 1. The Balaban J connectivity index is 2.20. The van der Waals surface area contributed by atoms with E-state index in [9.17, 15) is 0 Å². The fraction of sp³-hybridized carbons (Fsp3) is 0.154. The first-order chi connectivity index (χ1) is 8.58. The summed E-state index contributed by atoms with van der Waals surface area (Å²) < 4.78 is 1.13. The second-order valence-electron chi connectivity index (χ2n) is 3.96. The highest BCUT2D eigenvalue weighted by Crippen LogP contribution is 2.25. The van der Waals surface area contributed by atoms with Crippen LogP contribution in [0, 0.1) is 6.92 Å². The van der Waals surface area contributed by atoms with Crippen molar-refractivity contribution >= 4 is 50.2 Å². The summed E-state index contributed by atoms with van der Waals surface area (Å²) >= 11 is 10.3. The summed E-state index contributed by atoms with van der Waals surface area (Å²) in [4.78, 5) is 1.67. The van der Waals surface area contributed by atoms with Crippen molar-refractivity contribution in [1.29, 1.82) is 0 Å². The molecule has 2 nitrogen and oxygen atoms in total. The number of hydrogen-bond donors (Lipinski definition) is 2. The van der Waals surface area contributed by atoms with Gasteiger partial charge in [-0.25, -0.2) is 0 Å². The van der Waals surface area contributed by atoms with Crippen LogP contribution in [0.25, 0.3) is 0 Å². The molecule has 94 valence electrons. The maximum Gasteiger partial charge on any atom is 0.106 e. The predicted molar refractivity (Wildman–Crippen MR) is 86.4 cm³/mol. The molecular weight excluding hydrogens is 328 g/mol. The lowest BCUT2D eigenvalue weighted by atomic mass is 10.1. The van der Waals surface area contributed by atoms with Crippen molar-refractivity contribution in [2.75, 3.05) is 5.32 Å². The lowest BCUT2D eigenvalue weighted by Gasteiger charge is -2.11. The van der Waals surface area contributed by atoms with Crippen LogP contribution in [0.1, 0.15) is 16.0 Å². The number of hydrogen-bond acceptors (Lipinski definition) is 3. The van der Waals surface area contributed by atoms with Gasteiger partial charge in [-0.1, -0.05) is 18.3 Å². The first kappa shape index (κ1) is 13.5. The predicted octanol–water partition coefficient (Wildman–Crippen LogP) is 4.07. The minimum absolute atomic E-state index is 0.419. The standard InChI is InChI=1S/C13H13BrN2S2/c1-8-2-3-9(13(15)17)11(6-8)16-7-12-10(14)4-5-18-12/h2-6,16H,7H2,1H3,(H2,15,17). The monoisotopic (exact) mass is 340 g/mol. The van der Waals surface area contributed by atoms with Gasteiger partial charge in [0.05, 0.1) is 6.54 Å². The number of aryl methyl sites for hydroxylation is 1. The van der Waals surface area contributed by atoms with E-state index in [4.69, 9.17) is 18.0 Å². The average Bonchev–Trinajstić information content (AvgIpc) is 2.72. The van der Waals surface area contributed by atoms with Gasteiger partial charge in [0.15, 0.2) is 0 Å². The van der Waals surface area contributed by atoms with Crippen LogP contribution in [-0.4, -0.2) is 4.99 Å². The highest BCUT2D eigenvalue weighted by molar-refractivity contribution is 9.10. The molecule has 18 heavy (non-hydrogen) atoms. The van der Waals surface area contributed by atoms with E-state index in [0.29, 0.717) is 4.99 Å². The van der Waals surface area contributed by atoms with Gasteiger partial charge in [0.1, 0.15) is 4.99 Å². The average molecular weight is 341 g/mol. The fourth-order valence-electron chi connectivity index (χ4n) is 1.65. The summed E-state index contributed by atoms with van der Waals surface area (Å²) in [6, 6.07) is 8.09. The molecule has 1 aromatic carbocycles. The zero-order valence-corrected chi connectivity index (χ0v) is 13.1. The molecule has 0 saturated heterocycles. The van der Waals surface area contributed by atoms with Gasteiger partial charge in [0, 0.05) is 20.6 Å². The molecule has 0 atom stereocenters. The highest BCUT2D eigenvalue weighted by Gasteiger charge is 2.07. The van der Waals surface area contributed by atoms with Crippen molar-refractivity contribution < 1.29 is 0 Å². The van der Waals surface area contributed by atoms with Crippen LogP contribution in [0.5, 0.6) is 0 Å². The van der Waals surface area contributed by atoms with Gasteiger partial charge >= 0.3 is 0 Å². The minimum atomic E-state index is 0.419. The molecule has 0 aliphatic heterocycles. The Morgan fingerprint density at radius 2 is 2.22 bits per heavy atom. The summed E-state index contributed by atoms with van der Waals surface area (Å²) in [7, 11) is 0. The zero-order valence-electron chi connectivity index (χ0n) is 9.87. The fourth-order valence-corrected chi connectivity index (χ4v) is 3.26. The number of thiocarbonyl (C=S) groups is 1. The van der Waals surface area contributed by atoms with Crippen LogP contribution >= 0.6 is 39.5 Å². The van der Waals surface area contributed by atoms with Crippen LogP contribution in [0.3, 0.4) is 0 Å². The molecule has 5 heteroatoms. The molecule has 0 unspecified atom stereocenters. The van der Waals surface area contributed by atoms with Crippen molar-refractivity contribution in [3.63, 3.8) is 0 Å². The van der Waals surface area contributed by atoms with Gasteiger partial charge in [-0.05, 0) is 52.0 Å². The topological polar surface area (TPSA) is 38.0 Å². The van der Waals surface area contributed by atoms with Gasteiger partial charge in [-0.15, -0.1) is 11.3 Å². The normalized spacial score (nSPS) is 10.3. The third-order valence-corrected chi connectivity index (χ3v) is 4.72. The number of nitrogens with two attached hydrogens (primary N) is 1. The van der Waals surface area contributed by atoms with E-state index in [1.54, 1.807) is 11.3 Å². The Morgan fingerprint density at radius 1 is 1.44 bits per heavy atom. The van der Waals surface area contributed by atoms with Crippen LogP contribution in [-0.2, 0) is 6.54 Å². The highest BCUT2D eigenvalue weighted by atomic mass is 79.9. The maximum atomic E-state index is 5.73. The minimum Gasteiger partial charge on any atom is -0.389 e. The van der Waals surface area contributed by atoms with E-state index in [1.807, 2.05) is 18.2 Å². The Morgan fingerprint density at radius 3 is 2.83 bits per heavy atom. The molecule has 2 rings (SSSR count). The molecule has 0 saturated carbocycles. The third kappa shape index (κ3) is 3.10. The number of halogens is 1. The van der Waals surface area contributed by atoms with Crippen molar-refractivity contribution in [1.82, 2.24) is 0 Å².